The van der Waals surface area contributed by atoms with Gasteiger partial charge in [-0.3, -0.25) is 24.2 Å². The van der Waals surface area contributed by atoms with E-state index in [9.17, 15) is 19.2 Å². The number of rotatable bonds is 16. The molecule has 0 spiro atoms. The zero-order valence-electron chi connectivity index (χ0n) is 23.6. The van der Waals surface area contributed by atoms with E-state index in [1.165, 1.54) is 12.2 Å². The lowest BCUT2D eigenvalue weighted by Crippen LogP contribution is -2.56. The molecule has 1 saturated heterocycles. The average Bonchev–Trinajstić information content (AvgIpc) is 3.48. The summed E-state index contributed by atoms with van der Waals surface area (Å²) in [5, 5.41) is 9.43. The molecule has 1 aliphatic heterocycles. The number of ketones is 1. The standard InChI is InChI=1S/C30H39ClN4O4S2/c1-20(2)27(35-26(36)9-4-3-8-24-15-18-40-41-24)29(38)34-25(19-21-10-12-22(31)13-11-21)28(37)30(39)33-17-14-23-7-5-6-16-32-23/h5-7,10-13,16,20,24-25,27H,3-4,8-9,14-15,17-19H2,1-2H3,(H,33,39)(H,34,38)(H,35,36)/t24?,25-,27-/m0/s1. The zero-order valence-corrected chi connectivity index (χ0v) is 26.0. The van der Waals surface area contributed by atoms with Gasteiger partial charge >= 0.3 is 0 Å². The van der Waals surface area contributed by atoms with Crippen molar-refractivity contribution >= 4 is 56.7 Å². The normalized spacial score (nSPS) is 16.1. The van der Waals surface area contributed by atoms with Gasteiger partial charge in [-0.2, -0.15) is 0 Å². The molecule has 1 aromatic carbocycles. The molecule has 1 aliphatic rings. The molecule has 1 aromatic heterocycles. The third kappa shape index (κ3) is 11.7. The lowest BCUT2D eigenvalue weighted by molar-refractivity contribution is -0.140. The summed E-state index contributed by atoms with van der Waals surface area (Å²) in [6, 6.07) is 10.4. The summed E-state index contributed by atoms with van der Waals surface area (Å²) in [7, 11) is 3.84. The molecule has 3 N–H and O–H groups in total. The van der Waals surface area contributed by atoms with Gasteiger partial charge in [0.2, 0.25) is 17.6 Å². The largest absolute Gasteiger partial charge is 0.349 e. The van der Waals surface area contributed by atoms with Gasteiger partial charge in [-0.05, 0) is 55.0 Å². The number of carbonyl (C=O) groups excluding carboxylic acids is 4. The van der Waals surface area contributed by atoms with Gasteiger partial charge < -0.3 is 16.0 Å². The van der Waals surface area contributed by atoms with Crippen LogP contribution in [0.4, 0.5) is 0 Å². The molecule has 8 nitrogen and oxygen atoms in total. The summed E-state index contributed by atoms with van der Waals surface area (Å²) in [6.07, 6.45) is 6.62. The number of halogens is 1. The number of hydrogen-bond acceptors (Lipinski definition) is 7. The molecule has 0 aliphatic carbocycles. The summed E-state index contributed by atoms with van der Waals surface area (Å²) >= 11 is 6.01. The fourth-order valence-corrected chi connectivity index (χ4v) is 7.58. The molecule has 1 fully saturated rings. The Labute approximate surface area is 255 Å². The van der Waals surface area contributed by atoms with Gasteiger partial charge in [0.05, 0.1) is 0 Å². The fraction of sp³-hybridized carbons (Fsp3) is 0.500. The first-order chi connectivity index (χ1) is 19.7. The minimum Gasteiger partial charge on any atom is -0.349 e. The van der Waals surface area contributed by atoms with Gasteiger partial charge in [0.25, 0.3) is 5.91 Å². The van der Waals surface area contributed by atoms with E-state index in [1.807, 2.05) is 47.6 Å². The van der Waals surface area contributed by atoms with Crippen LogP contribution < -0.4 is 16.0 Å². The van der Waals surface area contributed by atoms with Gasteiger partial charge in [0, 0.05) is 53.7 Å². The van der Waals surface area contributed by atoms with Crippen LogP contribution in [0.25, 0.3) is 0 Å². The topological polar surface area (TPSA) is 117 Å². The number of hydrogen-bond donors (Lipinski definition) is 3. The van der Waals surface area contributed by atoms with Crippen molar-refractivity contribution in [1.29, 1.82) is 0 Å². The second kappa shape index (κ2) is 17.4. The van der Waals surface area contributed by atoms with Crippen molar-refractivity contribution < 1.29 is 19.2 Å². The van der Waals surface area contributed by atoms with Crippen LogP contribution in [-0.4, -0.2) is 58.1 Å². The first kappa shape index (κ1) is 32.9. The Morgan fingerprint density at radius 2 is 1.83 bits per heavy atom. The van der Waals surface area contributed by atoms with Crippen molar-refractivity contribution in [1.82, 2.24) is 20.9 Å². The number of pyridine rings is 1. The summed E-state index contributed by atoms with van der Waals surface area (Å²) in [5.41, 5.74) is 1.52. The lowest BCUT2D eigenvalue weighted by atomic mass is 9.98. The van der Waals surface area contributed by atoms with Gasteiger partial charge in [0.1, 0.15) is 12.1 Å². The Bertz CT molecular complexity index is 1140. The van der Waals surface area contributed by atoms with Crippen molar-refractivity contribution in [3.8, 4) is 0 Å². The molecule has 3 amide bonds. The molecular weight excluding hydrogens is 580 g/mol. The maximum Gasteiger partial charge on any atom is 0.289 e. The molecule has 0 saturated carbocycles. The van der Waals surface area contributed by atoms with Crippen LogP contribution in [0.2, 0.25) is 5.02 Å². The van der Waals surface area contributed by atoms with Crippen LogP contribution in [0.1, 0.15) is 57.2 Å². The van der Waals surface area contributed by atoms with E-state index in [4.69, 9.17) is 11.6 Å². The van der Waals surface area contributed by atoms with Gasteiger partial charge in [-0.15, -0.1) is 0 Å². The highest BCUT2D eigenvalue weighted by Crippen LogP contribution is 2.39. The minimum atomic E-state index is -1.11. The van der Waals surface area contributed by atoms with Crippen molar-refractivity contribution in [3.63, 3.8) is 0 Å². The van der Waals surface area contributed by atoms with E-state index in [1.54, 1.807) is 36.5 Å². The Kier molecular flexibility index (Phi) is 14.0. The monoisotopic (exact) mass is 618 g/mol. The third-order valence-electron chi connectivity index (χ3n) is 6.78. The van der Waals surface area contributed by atoms with E-state index in [0.717, 1.165) is 30.5 Å². The number of unbranched alkanes of at least 4 members (excludes halogenated alkanes) is 1. The second-order valence-electron chi connectivity index (χ2n) is 10.4. The predicted molar refractivity (Wildman–Crippen MR) is 167 cm³/mol. The Morgan fingerprint density at radius 1 is 1.05 bits per heavy atom. The van der Waals surface area contributed by atoms with Crippen LogP contribution in [-0.2, 0) is 32.0 Å². The lowest BCUT2D eigenvalue weighted by Gasteiger charge is -2.25. The van der Waals surface area contributed by atoms with Crippen molar-refractivity contribution in [2.45, 2.75) is 76.1 Å². The molecule has 1 unspecified atom stereocenters. The molecule has 2 aromatic rings. The number of carbonyl (C=O) groups is 4. The van der Waals surface area contributed by atoms with Crippen molar-refractivity contribution in [3.05, 3.63) is 64.9 Å². The SMILES string of the molecule is CC(C)[C@H](NC(=O)CCCCC1CCSS1)C(=O)N[C@@H](Cc1ccc(Cl)cc1)C(=O)C(=O)NCCc1ccccn1. The molecule has 2 heterocycles. The van der Waals surface area contributed by atoms with Crippen LogP contribution in [0.15, 0.2) is 48.7 Å². The van der Waals surface area contributed by atoms with Crippen LogP contribution in [0, 0.1) is 5.92 Å². The summed E-state index contributed by atoms with van der Waals surface area (Å²) in [5.74, 6) is -1.27. The molecule has 3 atom stereocenters. The summed E-state index contributed by atoms with van der Waals surface area (Å²) < 4.78 is 0. The highest BCUT2D eigenvalue weighted by molar-refractivity contribution is 8.77. The highest BCUT2D eigenvalue weighted by Gasteiger charge is 2.31. The van der Waals surface area contributed by atoms with E-state index in [0.29, 0.717) is 23.1 Å². The number of Topliss-reactive ketones (excluding diaryl/α,β-unsaturated/α-hetero) is 1. The maximum atomic E-state index is 13.4. The molecule has 3 rings (SSSR count). The first-order valence-corrected chi connectivity index (χ1v) is 16.8. The predicted octanol–water partition coefficient (Wildman–Crippen LogP) is 4.55. The average molecular weight is 619 g/mol. The molecule has 41 heavy (non-hydrogen) atoms. The van der Waals surface area contributed by atoms with Crippen molar-refractivity contribution in [2.75, 3.05) is 12.3 Å². The van der Waals surface area contributed by atoms with Crippen LogP contribution in [0.5, 0.6) is 0 Å². The van der Waals surface area contributed by atoms with Gasteiger partial charge in [-0.25, -0.2) is 0 Å². The molecule has 11 heteroatoms. The number of nitrogens with one attached hydrogen (secondary N) is 3. The van der Waals surface area contributed by atoms with Gasteiger partial charge in [-0.1, -0.05) is 71.7 Å². The second-order valence-corrected chi connectivity index (χ2v) is 13.7. The Balaban J connectivity index is 1.59. The maximum absolute atomic E-state index is 13.4. The summed E-state index contributed by atoms with van der Waals surface area (Å²) in [4.78, 5) is 56.3. The summed E-state index contributed by atoms with van der Waals surface area (Å²) in [6.45, 7) is 3.89. The number of amides is 3. The van der Waals surface area contributed by atoms with E-state index >= 15 is 0 Å². The smallest absolute Gasteiger partial charge is 0.289 e. The van der Waals surface area contributed by atoms with Crippen molar-refractivity contribution in [2.24, 2.45) is 5.92 Å². The number of nitrogens with zero attached hydrogens (tertiary/aromatic N) is 1. The van der Waals surface area contributed by atoms with Crippen LogP contribution >= 0.6 is 33.2 Å². The number of aromatic nitrogens is 1. The zero-order chi connectivity index (χ0) is 29.6. The highest BCUT2D eigenvalue weighted by atomic mass is 35.5. The van der Waals surface area contributed by atoms with Crippen LogP contribution in [0.3, 0.4) is 0 Å². The third-order valence-corrected chi connectivity index (χ3v) is 10.0. The Hall–Kier alpha value is -2.56. The van der Waals surface area contributed by atoms with Gasteiger partial charge in [0.15, 0.2) is 0 Å². The van der Waals surface area contributed by atoms with E-state index in [-0.39, 0.29) is 24.8 Å². The first-order valence-electron chi connectivity index (χ1n) is 14.1. The Morgan fingerprint density at radius 3 is 2.49 bits per heavy atom. The number of benzene rings is 1. The molecule has 0 bridgehead atoms. The molecule has 0 radical (unpaired) electrons. The molecule has 222 valence electrons. The quantitative estimate of drug-likeness (QED) is 0.144. The molecular formula is C30H39ClN4O4S2. The van der Waals surface area contributed by atoms with E-state index < -0.39 is 29.7 Å². The van der Waals surface area contributed by atoms with E-state index in [2.05, 4.69) is 20.9 Å². The minimum absolute atomic E-state index is 0.103. The fourth-order valence-electron chi connectivity index (χ4n) is 4.43.